The molecule has 0 saturated heterocycles. The van der Waals surface area contributed by atoms with E-state index in [9.17, 15) is 0 Å². The van der Waals surface area contributed by atoms with E-state index in [1.54, 1.807) is 11.3 Å². The smallest absolute Gasteiger partial charge is 0.149 e. The molecule has 0 saturated carbocycles. The molecular formula is C11H20N2OS2. The maximum Gasteiger partial charge on any atom is 0.149 e. The van der Waals surface area contributed by atoms with Crippen molar-refractivity contribution in [3.05, 3.63) is 11.6 Å². The van der Waals surface area contributed by atoms with Crippen molar-refractivity contribution in [3.63, 3.8) is 0 Å². The highest BCUT2D eigenvalue weighted by Gasteiger charge is 1.96. The van der Waals surface area contributed by atoms with E-state index in [1.165, 1.54) is 0 Å². The molecule has 0 radical (unpaired) electrons. The molecule has 1 aromatic rings. The van der Waals surface area contributed by atoms with E-state index in [1.807, 2.05) is 23.3 Å². The van der Waals surface area contributed by atoms with Crippen LogP contribution in [-0.2, 0) is 4.74 Å². The summed E-state index contributed by atoms with van der Waals surface area (Å²) in [5, 5.41) is 5.41. The van der Waals surface area contributed by atoms with Crippen LogP contribution < -0.4 is 5.32 Å². The van der Waals surface area contributed by atoms with E-state index in [-0.39, 0.29) is 0 Å². The average Bonchev–Trinajstić information content (AvgIpc) is 2.74. The SMILES string of the molecule is CC(C)OCCCNCCSc1nccs1. The van der Waals surface area contributed by atoms with E-state index in [0.717, 1.165) is 36.2 Å². The fraction of sp³-hybridized carbons (Fsp3) is 0.727. The topological polar surface area (TPSA) is 34.1 Å². The third-order valence-electron chi connectivity index (χ3n) is 1.86. The van der Waals surface area contributed by atoms with Crippen molar-refractivity contribution in [2.24, 2.45) is 0 Å². The molecular weight excluding hydrogens is 240 g/mol. The predicted molar refractivity (Wildman–Crippen MR) is 71.4 cm³/mol. The lowest BCUT2D eigenvalue weighted by Crippen LogP contribution is -2.20. The average molecular weight is 260 g/mol. The lowest BCUT2D eigenvalue weighted by atomic mass is 10.4. The first-order valence-electron chi connectivity index (χ1n) is 5.63. The fourth-order valence-electron chi connectivity index (χ4n) is 1.13. The summed E-state index contributed by atoms with van der Waals surface area (Å²) in [6.07, 6.45) is 3.28. The van der Waals surface area contributed by atoms with Crippen LogP contribution in [0.25, 0.3) is 0 Å². The van der Waals surface area contributed by atoms with Gasteiger partial charge < -0.3 is 10.1 Å². The van der Waals surface area contributed by atoms with Gasteiger partial charge in [0.2, 0.25) is 0 Å². The molecule has 0 unspecified atom stereocenters. The molecule has 1 heterocycles. The molecule has 0 aliphatic heterocycles. The first-order valence-corrected chi connectivity index (χ1v) is 7.50. The van der Waals surface area contributed by atoms with E-state index in [0.29, 0.717) is 6.10 Å². The van der Waals surface area contributed by atoms with Gasteiger partial charge in [-0.2, -0.15) is 0 Å². The van der Waals surface area contributed by atoms with E-state index in [4.69, 9.17) is 4.74 Å². The Kier molecular flexibility index (Phi) is 7.84. The molecule has 1 N–H and O–H groups in total. The van der Waals surface area contributed by atoms with Gasteiger partial charge in [0.05, 0.1) is 6.10 Å². The van der Waals surface area contributed by atoms with Gasteiger partial charge in [-0.1, -0.05) is 11.8 Å². The molecule has 16 heavy (non-hydrogen) atoms. The van der Waals surface area contributed by atoms with Gasteiger partial charge in [0, 0.05) is 30.5 Å². The molecule has 1 aromatic heterocycles. The number of nitrogens with one attached hydrogen (secondary N) is 1. The Balaban J connectivity index is 1.82. The van der Waals surface area contributed by atoms with Crippen molar-refractivity contribution < 1.29 is 4.74 Å². The zero-order valence-corrected chi connectivity index (χ0v) is 11.6. The van der Waals surface area contributed by atoms with Crippen LogP contribution in [0.4, 0.5) is 0 Å². The second-order valence-electron chi connectivity index (χ2n) is 3.67. The molecule has 0 aromatic carbocycles. The Morgan fingerprint density at radius 2 is 2.38 bits per heavy atom. The van der Waals surface area contributed by atoms with Gasteiger partial charge in [0.25, 0.3) is 0 Å². The molecule has 0 fully saturated rings. The number of nitrogens with zero attached hydrogens (tertiary/aromatic N) is 1. The molecule has 0 atom stereocenters. The summed E-state index contributed by atoms with van der Waals surface area (Å²) in [6, 6.07) is 0. The minimum atomic E-state index is 0.348. The van der Waals surface area contributed by atoms with Crippen molar-refractivity contribution in [2.45, 2.75) is 30.7 Å². The number of thiazole rings is 1. The molecule has 0 spiro atoms. The first-order chi connectivity index (χ1) is 7.79. The molecule has 0 aliphatic carbocycles. The van der Waals surface area contributed by atoms with Crippen LogP contribution in [0.2, 0.25) is 0 Å². The monoisotopic (exact) mass is 260 g/mol. The zero-order valence-electron chi connectivity index (χ0n) is 9.94. The molecule has 5 heteroatoms. The van der Waals surface area contributed by atoms with Crippen molar-refractivity contribution in [1.82, 2.24) is 10.3 Å². The summed E-state index contributed by atoms with van der Waals surface area (Å²) in [7, 11) is 0. The molecule has 92 valence electrons. The van der Waals surface area contributed by atoms with Gasteiger partial charge in [-0.25, -0.2) is 4.98 Å². The number of hydrogen-bond donors (Lipinski definition) is 1. The summed E-state index contributed by atoms with van der Waals surface area (Å²) < 4.78 is 6.61. The maximum absolute atomic E-state index is 5.45. The van der Waals surface area contributed by atoms with Crippen LogP contribution in [0.15, 0.2) is 15.9 Å². The summed E-state index contributed by atoms with van der Waals surface area (Å²) in [5.41, 5.74) is 0. The Hall–Kier alpha value is -0.100. The van der Waals surface area contributed by atoms with Crippen molar-refractivity contribution in [1.29, 1.82) is 0 Å². The van der Waals surface area contributed by atoms with Crippen LogP contribution in [0.5, 0.6) is 0 Å². The van der Waals surface area contributed by atoms with Crippen LogP contribution >= 0.6 is 23.1 Å². The third-order valence-corrected chi connectivity index (χ3v) is 3.83. The third kappa shape index (κ3) is 7.22. The van der Waals surface area contributed by atoms with Crippen LogP contribution in [0.3, 0.4) is 0 Å². The summed E-state index contributed by atoms with van der Waals surface area (Å²) in [6.45, 7) is 7.05. The molecule has 3 nitrogen and oxygen atoms in total. The van der Waals surface area contributed by atoms with Crippen LogP contribution in [-0.4, -0.2) is 36.5 Å². The number of rotatable bonds is 9. The second kappa shape index (κ2) is 8.98. The molecule has 0 amide bonds. The van der Waals surface area contributed by atoms with Gasteiger partial charge in [0.15, 0.2) is 0 Å². The second-order valence-corrected chi connectivity index (χ2v) is 5.91. The Morgan fingerprint density at radius 3 is 3.06 bits per heavy atom. The van der Waals surface area contributed by atoms with E-state index in [2.05, 4.69) is 24.1 Å². The van der Waals surface area contributed by atoms with Gasteiger partial charge >= 0.3 is 0 Å². The summed E-state index contributed by atoms with van der Waals surface area (Å²) >= 11 is 3.51. The highest BCUT2D eigenvalue weighted by Crippen LogP contribution is 2.18. The Morgan fingerprint density at radius 1 is 1.50 bits per heavy atom. The van der Waals surface area contributed by atoms with Crippen molar-refractivity contribution >= 4 is 23.1 Å². The number of ether oxygens (including phenoxy) is 1. The van der Waals surface area contributed by atoms with Crippen LogP contribution in [0.1, 0.15) is 20.3 Å². The Labute approximate surface area is 106 Å². The normalized spacial score (nSPS) is 11.2. The minimum absolute atomic E-state index is 0.348. The van der Waals surface area contributed by atoms with Gasteiger partial charge in [0.1, 0.15) is 4.34 Å². The minimum Gasteiger partial charge on any atom is -0.379 e. The standard InChI is InChI=1S/C11H20N2OS2/c1-10(2)14-7-3-4-12-5-8-15-11-13-6-9-16-11/h6,9-10,12H,3-5,7-8H2,1-2H3. The molecule has 0 bridgehead atoms. The summed E-state index contributed by atoms with van der Waals surface area (Å²) in [5.74, 6) is 1.08. The molecule has 1 rings (SSSR count). The predicted octanol–water partition coefficient (Wildman–Crippen LogP) is 2.64. The van der Waals surface area contributed by atoms with Gasteiger partial charge in [-0.05, 0) is 26.8 Å². The van der Waals surface area contributed by atoms with Gasteiger partial charge in [-0.15, -0.1) is 11.3 Å². The van der Waals surface area contributed by atoms with Crippen LogP contribution in [0, 0.1) is 0 Å². The largest absolute Gasteiger partial charge is 0.379 e. The highest BCUT2D eigenvalue weighted by atomic mass is 32.2. The quantitative estimate of drug-likeness (QED) is 0.547. The Bertz CT molecular complexity index is 252. The summed E-state index contributed by atoms with van der Waals surface area (Å²) in [4.78, 5) is 4.22. The first kappa shape index (κ1) is 14.0. The van der Waals surface area contributed by atoms with Gasteiger partial charge in [-0.3, -0.25) is 0 Å². The lowest BCUT2D eigenvalue weighted by molar-refractivity contribution is 0.0772. The van der Waals surface area contributed by atoms with Crippen molar-refractivity contribution in [2.75, 3.05) is 25.4 Å². The lowest BCUT2D eigenvalue weighted by Gasteiger charge is -2.07. The highest BCUT2D eigenvalue weighted by molar-refractivity contribution is 8.01. The fourth-order valence-corrected chi connectivity index (χ4v) is 2.74. The molecule has 0 aliphatic rings. The number of hydrogen-bond acceptors (Lipinski definition) is 5. The maximum atomic E-state index is 5.45. The zero-order chi connectivity index (χ0) is 11.6. The number of thioether (sulfide) groups is 1. The van der Waals surface area contributed by atoms with E-state index >= 15 is 0 Å². The number of aromatic nitrogens is 1. The van der Waals surface area contributed by atoms with E-state index < -0.39 is 0 Å². The van der Waals surface area contributed by atoms with Crippen molar-refractivity contribution in [3.8, 4) is 0 Å².